The molecule has 0 atom stereocenters. The topological polar surface area (TPSA) is 66.5 Å². The second-order valence-electron chi connectivity index (χ2n) is 8.16. The number of sulfonamides is 1. The van der Waals surface area contributed by atoms with E-state index < -0.39 is 21.8 Å². The summed E-state index contributed by atoms with van der Waals surface area (Å²) < 4.78 is 67.0. The van der Waals surface area contributed by atoms with Crippen LogP contribution in [0.4, 0.5) is 18.9 Å². The number of alkyl halides is 3. The predicted molar refractivity (Wildman–Crippen MR) is 128 cm³/mol. The molecule has 2 aromatic carbocycles. The SMILES string of the molecule is CCCCCCCCCC(=O)NCCN(c1cccc(C(F)(F)F)c1)S(=O)(=O)c1ccccc1. The molecule has 0 aliphatic heterocycles. The Morgan fingerprint density at radius 1 is 0.912 bits per heavy atom. The summed E-state index contributed by atoms with van der Waals surface area (Å²) in [5, 5.41) is 2.70. The van der Waals surface area contributed by atoms with Crippen molar-refractivity contribution in [3.8, 4) is 0 Å². The lowest BCUT2D eigenvalue weighted by atomic mass is 10.1. The van der Waals surface area contributed by atoms with Crippen molar-refractivity contribution in [1.29, 1.82) is 0 Å². The van der Waals surface area contributed by atoms with Crippen molar-refractivity contribution in [3.63, 3.8) is 0 Å². The van der Waals surface area contributed by atoms with Gasteiger partial charge in [0, 0.05) is 13.0 Å². The fraction of sp³-hybridized carbons (Fsp3) is 0.480. The summed E-state index contributed by atoms with van der Waals surface area (Å²) in [4.78, 5) is 12.1. The largest absolute Gasteiger partial charge is 0.416 e. The van der Waals surface area contributed by atoms with Gasteiger partial charge in [-0.1, -0.05) is 69.7 Å². The number of anilines is 1. The van der Waals surface area contributed by atoms with Crippen molar-refractivity contribution < 1.29 is 26.4 Å². The van der Waals surface area contributed by atoms with Gasteiger partial charge in [-0.3, -0.25) is 9.10 Å². The van der Waals surface area contributed by atoms with E-state index in [0.29, 0.717) is 6.42 Å². The van der Waals surface area contributed by atoms with Crippen LogP contribution >= 0.6 is 0 Å². The van der Waals surface area contributed by atoms with Gasteiger partial charge < -0.3 is 5.32 Å². The molecule has 0 fully saturated rings. The maximum Gasteiger partial charge on any atom is 0.416 e. The summed E-state index contributed by atoms with van der Waals surface area (Å²) in [5.74, 6) is -0.199. The van der Waals surface area contributed by atoms with E-state index >= 15 is 0 Å². The number of hydrogen-bond acceptors (Lipinski definition) is 3. The highest BCUT2D eigenvalue weighted by molar-refractivity contribution is 7.92. The van der Waals surface area contributed by atoms with Crippen molar-refractivity contribution in [2.45, 2.75) is 69.4 Å². The minimum absolute atomic E-state index is 0.0162. The van der Waals surface area contributed by atoms with Gasteiger partial charge in [-0.25, -0.2) is 8.42 Å². The van der Waals surface area contributed by atoms with Crippen LogP contribution < -0.4 is 9.62 Å². The van der Waals surface area contributed by atoms with Crippen molar-refractivity contribution in [1.82, 2.24) is 5.32 Å². The number of nitrogens with one attached hydrogen (secondary N) is 1. The van der Waals surface area contributed by atoms with Crippen LogP contribution in [0.5, 0.6) is 0 Å². The van der Waals surface area contributed by atoms with Gasteiger partial charge in [0.25, 0.3) is 10.0 Å². The number of nitrogens with zero attached hydrogens (tertiary/aromatic N) is 1. The normalized spacial score (nSPS) is 11.9. The molecule has 5 nitrogen and oxygen atoms in total. The predicted octanol–water partition coefficient (Wildman–Crippen LogP) is 6.16. The molecule has 0 saturated heterocycles. The Balaban J connectivity index is 2.04. The van der Waals surface area contributed by atoms with Crippen LogP contribution in [0.25, 0.3) is 0 Å². The third-order valence-electron chi connectivity index (χ3n) is 5.44. The molecule has 0 spiro atoms. The zero-order chi connectivity index (χ0) is 25.0. The van der Waals surface area contributed by atoms with Crippen molar-refractivity contribution in [2.75, 3.05) is 17.4 Å². The lowest BCUT2D eigenvalue weighted by molar-refractivity contribution is -0.137. The van der Waals surface area contributed by atoms with Crippen LogP contribution in [-0.4, -0.2) is 27.4 Å². The molecule has 188 valence electrons. The van der Waals surface area contributed by atoms with E-state index in [0.717, 1.165) is 42.1 Å². The van der Waals surface area contributed by atoms with Crippen molar-refractivity contribution in [3.05, 3.63) is 60.2 Å². The van der Waals surface area contributed by atoms with E-state index in [1.807, 2.05) is 0 Å². The van der Waals surface area contributed by atoms with Crippen LogP contribution in [0.1, 0.15) is 63.9 Å². The van der Waals surface area contributed by atoms with Crippen LogP contribution in [-0.2, 0) is 21.0 Å². The first-order valence-electron chi connectivity index (χ1n) is 11.7. The van der Waals surface area contributed by atoms with Gasteiger partial charge in [0.2, 0.25) is 5.91 Å². The van der Waals surface area contributed by atoms with E-state index in [4.69, 9.17) is 0 Å². The molecule has 0 aliphatic carbocycles. The van der Waals surface area contributed by atoms with Crippen LogP contribution in [0.15, 0.2) is 59.5 Å². The number of rotatable bonds is 14. The Hall–Kier alpha value is -2.55. The smallest absolute Gasteiger partial charge is 0.354 e. The summed E-state index contributed by atoms with van der Waals surface area (Å²) in [6.07, 6.45) is 3.25. The molecule has 0 aromatic heterocycles. The Labute approximate surface area is 200 Å². The number of benzene rings is 2. The summed E-state index contributed by atoms with van der Waals surface area (Å²) in [5.41, 5.74) is -1.05. The minimum atomic E-state index is -4.61. The van der Waals surface area contributed by atoms with E-state index in [2.05, 4.69) is 12.2 Å². The zero-order valence-electron chi connectivity index (χ0n) is 19.5. The highest BCUT2D eigenvalue weighted by Gasteiger charge is 2.32. The third-order valence-corrected chi connectivity index (χ3v) is 7.28. The zero-order valence-corrected chi connectivity index (χ0v) is 20.3. The monoisotopic (exact) mass is 498 g/mol. The van der Waals surface area contributed by atoms with Gasteiger partial charge in [-0.05, 0) is 36.8 Å². The molecule has 1 amide bonds. The first-order valence-corrected chi connectivity index (χ1v) is 13.1. The molecule has 0 saturated carbocycles. The Morgan fingerprint density at radius 2 is 1.56 bits per heavy atom. The Kier molecular flexibility index (Phi) is 10.9. The number of halogens is 3. The minimum Gasteiger partial charge on any atom is -0.354 e. The maximum absolute atomic E-state index is 13.2. The molecule has 0 aliphatic rings. The van der Waals surface area contributed by atoms with E-state index in [-0.39, 0.29) is 29.6 Å². The summed E-state index contributed by atoms with van der Waals surface area (Å²) >= 11 is 0. The number of carbonyl (C=O) groups excluding carboxylic acids is 1. The van der Waals surface area contributed by atoms with Gasteiger partial charge >= 0.3 is 6.18 Å². The lowest BCUT2D eigenvalue weighted by Crippen LogP contribution is -2.38. The molecule has 0 radical (unpaired) electrons. The molecule has 0 heterocycles. The van der Waals surface area contributed by atoms with E-state index in [9.17, 15) is 26.4 Å². The fourth-order valence-corrected chi connectivity index (χ4v) is 5.05. The molecule has 9 heteroatoms. The number of amides is 1. The fourth-order valence-electron chi connectivity index (χ4n) is 3.57. The first kappa shape index (κ1) is 27.7. The van der Waals surface area contributed by atoms with Crippen LogP contribution in [0.3, 0.4) is 0 Å². The summed E-state index contributed by atoms with van der Waals surface area (Å²) in [6, 6.07) is 11.7. The second-order valence-corrected chi connectivity index (χ2v) is 10.0. The third kappa shape index (κ3) is 8.66. The standard InChI is InChI=1S/C25H33F3N2O3S/c1-2-3-4-5-6-7-11-17-24(31)29-18-19-30(34(32,33)23-15-9-8-10-16-23)22-14-12-13-21(20-22)25(26,27)28/h8-10,12-16,20H,2-7,11,17-19H2,1H3,(H,29,31). The highest BCUT2D eigenvalue weighted by atomic mass is 32.2. The molecule has 0 bridgehead atoms. The van der Waals surface area contributed by atoms with Crippen molar-refractivity contribution in [2.24, 2.45) is 0 Å². The molecule has 34 heavy (non-hydrogen) atoms. The second kappa shape index (κ2) is 13.4. The average molecular weight is 499 g/mol. The number of hydrogen-bond donors (Lipinski definition) is 1. The van der Waals surface area contributed by atoms with Gasteiger partial charge in [0.1, 0.15) is 0 Å². The van der Waals surface area contributed by atoms with Gasteiger partial charge in [0.15, 0.2) is 0 Å². The van der Waals surface area contributed by atoms with Gasteiger partial charge in [-0.15, -0.1) is 0 Å². The van der Waals surface area contributed by atoms with Crippen LogP contribution in [0.2, 0.25) is 0 Å². The quantitative estimate of drug-likeness (QED) is 0.317. The molecular formula is C25H33F3N2O3S. The number of carbonyl (C=O) groups is 1. The van der Waals surface area contributed by atoms with E-state index in [1.165, 1.54) is 43.5 Å². The highest BCUT2D eigenvalue weighted by Crippen LogP contribution is 2.33. The van der Waals surface area contributed by atoms with Crippen molar-refractivity contribution >= 4 is 21.6 Å². The van der Waals surface area contributed by atoms with Gasteiger partial charge in [-0.2, -0.15) is 13.2 Å². The summed E-state index contributed by atoms with van der Waals surface area (Å²) in [6.45, 7) is 1.95. The van der Waals surface area contributed by atoms with Crippen LogP contribution in [0, 0.1) is 0 Å². The molecule has 2 aromatic rings. The van der Waals surface area contributed by atoms with E-state index in [1.54, 1.807) is 18.2 Å². The molecule has 2 rings (SSSR count). The Bertz CT molecular complexity index is 996. The molecule has 1 N–H and O–H groups in total. The maximum atomic E-state index is 13.2. The molecular weight excluding hydrogens is 465 g/mol. The molecule has 0 unspecified atom stereocenters. The average Bonchev–Trinajstić information content (AvgIpc) is 2.81. The Morgan fingerprint density at radius 3 is 2.21 bits per heavy atom. The summed E-state index contributed by atoms with van der Waals surface area (Å²) in [7, 11) is -4.13. The lowest BCUT2D eigenvalue weighted by Gasteiger charge is -2.25. The van der Waals surface area contributed by atoms with Gasteiger partial charge in [0.05, 0.1) is 22.7 Å². The number of unbranched alkanes of at least 4 members (excludes halogenated alkanes) is 6. The first-order chi connectivity index (χ1) is 16.2.